The molecule has 1 aliphatic heterocycles. The molecule has 0 radical (unpaired) electrons. The number of amides is 1. The highest BCUT2D eigenvalue weighted by molar-refractivity contribution is 5.81. The van der Waals surface area contributed by atoms with Crippen LogP contribution in [-0.4, -0.2) is 47.2 Å². The Balaban J connectivity index is 1.89. The van der Waals surface area contributed by atoms with Crippen LogP contribution in [0.1, 0.15) is 25.3 Å². The number of hydrogen-bond acceptors (Lipinski definition) is 4. The molecule has 0 saturated carbocycles. The van der Waals surface area contributed by atoms with Crippen molar-refractivity contribution < 1.29 is 9.90 Å². The molecule has 4 N–H and O–H groups in total. The van der Waals surface area contributed by atoms with Gasteiger partial charge in [0.1, 0.15) is 0 Å². The molecule has 21 heavy (non-hydrogen) atoms. The third kappa shape index (κ3) is 4.52. The van der Waals surface area contributed by atoms with Gasteiger partial charge in [-0.25, -0.2) is 0 Å². The van der Waals surface area contributed by atoms with Gasteiger partial charge in [-0.2, -0.15) is 0 Å². The molecular formula is C16H25N3O2. The summed E-state index contributed by atoms with van der Waals surface area (Å²) < 4.78 is 0. The zero-order chi connectivity index (χ0) is 15.2. The Kier molecular flexibility index (Phi) is 5.73. The number of carbonyl (C=O) groups is 1. The highest BCUT2D eigenvalue weighted by Crippen LogP contribution is 2.20. The summed E-state index contributed by atoms with van der Waals surface area (Å²) in [6, 6.07) is 9.89. The molecule has 0 unspecified atom stereocenters. The molecule has 1 amide bonds. The standard InChI is InChI=1S/C16H25N3O2/c1-2-15(17)16(21)18-9-13-8-14(20)11-19(13)10-12-6-4-3-5-7-12/h3-7,13-15,20H,2,8-11,17H2,1H3,(H,18,21)/t13-,14+,15+/m1/s1. The number of aliphatic hydroxyl groups excluding tert-OH is 1. The van der Waals surface area contributed by atoms with E-state index < -0.39 is 6.04 Å². The molecule has 0 aromatic heterocycles. The Bertz CT molecular complexity index is 452. The molecule has 1 saturated heterocycles. The van der Waals surface area contributed by atoms with Gasteiger partial charge in [0.2, 0.25) is 5.91 Å². The van der Waals surface area contributed by atoms with Crippen LogP contribution < -0.4 is 11.1 Å². The van der Waals surface area contributed by atoms with Crippen molar-refractivity contribution in [1.29, 1.82) is 0 Å². The van der Waals surface area contributed by atoms with Crippen molar-refractivity contribution in [2.24, 2.45) is 5.73 Å². The molecule has 5 heteroatoms. The molecule has 1 aromatic carbocycles. The summed E-state index contributed by atoms with van der Waals surface area (Å²) in [7, 11) is 0. The van der Waals surface area contributed by atoms with Crippen molar-refractivity contribution in [2.75, 3.05) is 13.1 Å². The normalized spacial score (nSPS) is 24.0. The highest BCUT2D eigenvalue weighted by Gasteiger charge is 2.31. The van der Waals surface area contributed by atoms with E-state index in [1.54, 1.807) is 0 Å². The van der Waals surface area contributed by atoms with Crippen molar-refractivity contribution in [3.63, 3.8) is 0 Å². The lowest BCUT2D eigenvalue weighted by Crippen LogP contribution is -2.45. The van der Waals surface area contributed by atoms with E-state index in [-0.39, 0.29) is 18.1 Å². The first-order valence-electron chi connectivity index (χ1n) is 7.59. The van der Waals surface area contributed by atoms with Crippen molar-refractivity contribution in [2.45, 2.75) is 44.5 Å². The van der Waals surface area contributed by atoms with Crippen LogP contribution in [0.25, 0.3) is 0 Å². The first kappa shape index (κ1) is 15.9. The van der Waals surface area contributed by atoms with Gasteiger partial charge in [-0.1, -0.05) is 37.3 Å². The maximum Gasteiger partial charge on any atom is 0.236 e. The number of nitrogens with one attached hydrogen (secondary N) is 1. The van der Waals surface area contributed by atoms with E-state index in [0.29, 0.717) is 25.9 Å². The Morgan fingerprint density at radius 1 is 1.48 bits per heavy atom. The quantitative estimate of drug-likeness (QED) is 0.712. The van der Waals surface area contributed by atoms with E-state index in [2.05, 4.69) is 22.3 Å². The molecule has 1 aliphatic rings. The lowest BCUT2D eigenvalue weighted by atomic mass is 10.1. The second kappa shape index (κ2) is 7.54. The van der Waals surface area contributed by atoms with E-state index >= 15 is 0 Å². The minimum atomic E-state index is -0.445. The van der Waals surface area contributed by atoms with Crippen LogP contribution in [0.5, 0.6) is 0 Å². The summed E-state index contributed by atoms with van der Waals surface area (Å²) in [4.78, 5) is 14.0. The van der Waals surface area contributed by atoms with E-state index in [0.717, 1.165) is 6.54 Å². The summed E-state index contributed by atoms with van der Waals surface area (Å²) in [5.41, 5.74) is 6.93. The van der Waals surface area contributed by atoms with Gasteiger partial charge in [0.05, 0.1) is 12.1 Å². The molecule has 0 spiro atoms. The number of nitrogens with zero attached hydrogens (tertiary/aromatic N) is 1. The van der Waals surface area contributed by atoms with Gasteiger partial charge in [-0.15, -0.1) is 0 Å². The summed E-state index contributed by atoms with van der Waals surface area (Å²) in [5, 5.41) is 12.8. The smallest absolute Gasteiger partial charge is 0.236 e. The van der Waals surface area contributed by atoms with Crippen LogP contribution in [0, 0.1) is 0 Å². The fourth-order valence-corrected chi connectivity index (χ4v) is 2.72. The Labute approximate surface area is 126 Å². The summed E-state index contributed by atoms with van der Waals surface area (Å²) in [5.74, 6) is -0.112. The molecule has 5 nitrogen and oxygen atoms in total. The van der Waals surface area contributed by atoms with Gasteiger partial charge in [-0.05, 0) is 18.4 Å². The van der Waals surface area contributed by atoms with Gasteiger partial charge in [-0.3, -0.25) is 9.69 Å². The Morgan fingerprint density at radius 3 is 2.86 bits per heavy atom. The van der Waals surface area contributed by atoms with Crippen LogP contribution in [0.3, 0.4) is 0 Å². The predicted octanol–water partition coefficient (Wildman–Crippen LogP) is 0.475. The number of β-amino-alcohol motifs (C(OH)–C–C–N with tert-alkyl or cyclic N) is 1. The van der Waals surface area contributed by atoms with Gasteiger partial charge < -0.3 is 16.2 Å². The largest absolute Gasteiger partial charge is 0.392 e. The SMILES string of the molecule is CC[C@H](N)C(=O)NC[C@H]1C[C@H](O)CN1Cc1ccccc1. The first-order chi connectivity index (χ1) is 10.1. The zero-order valence-electron chi connectivity index (χ0n) is 12.5. The van der Waals surface area contributed by atoms with Crippen molar-refractivity contribution in [3.05, 3.63) is 35.9 Å². The maximum absolute atomic E-state index is 11.8. The minimum absolute atomic E-state index is 0.112. The van der Waals surface area contributed by atoms with Crippen molar-refractivity contribution in [1.82, 2.24) is 10.2 Å². The molecule has 2 rings (SSSR count). The van der Waals surface area contributed by atoms with Crippen LogP contribution in [0.4, 0.5) is 0 Å². The molecule has 0 aliphatic carbocycles. The van der Waals surface area contributed by atoms with E-state index in [4.69, 9.17) is 5.73 Å². The number of likely N-dealkylation sites (tertiary alicyclic amines) is 1. The summed E-state index contributed by atoms with van der Waals surface area (Å²) in [6.45, 7) is 3.87. The molecule has 116 valence electrons. The number of nitrogens with two attached hydrogens (primary N) is 1. The second-order valence-electron chi connectivity index (χ2n) is 5.72. The van der Waals surface area contributed by atoms with Gasteiger partial charge in [0, 0.05) is 25.7 Å². The van der Waals surface area contributed by atoms with Crippen LogP contribution in [0.2, 0.25) is 0 Å². The van der Waals surface area contributed by atoms with E-state index in [1.165, 1.54) is 5.56 Å². The second-order valence-corrected chi connectivity index (χ2v) is 5.72. The number of carbonyl (C=O) groups excluding carboxylic acids is 1. The molecule has 1 aromatic rings. The first-order valence-corrected chi connectivity index (χ1v) is 7.59. The average molecular weight is 291 g/mol. The predicted molar refractivity (Wildman–Crippen MR) is 82.5 cm³/mol. The Morgan fingerprint density at radius 2 is 2.19 bits per heavy atom. The summed E-state index contributed by atoms with van der Waals surface area (Å²) >= 11 is 0. The molecule has 0 bridgehead atoms. The van der Waals surface area contributed by atoms with Crippen molar-refractivity contribution in [3.8, 4) is 0 Å². The molecule has 3 atom stereocenters. The van der Waals surface area contributed by atoms with Crippen molar-refractivity contribution >= 4 is 5.91 Å². The summed E-state index contributed by atoms with van der Waals surface area (Å²) in [6.07, 6.45) is 0.997. The van der Waals surface area contributed by atoms with Gasteiger partial charge in [0.15, 0.2) is 0 Å². The lowest BCUT2D eigenvalue weighted by Gasteiger charge is -2.25. The number of rotatable bonds is 6. The minimum Gasteiger partial charge on any atom is -0.392 e. The average Bonchev–Trinajstić information content (AvgIpc) is 2.84. The molecular weight excluding hydrogens is 266 g/mol. The third-order valence-corrected chi connectivity index (χ3v) is 4.02. The number of aliphatic hydroxyl groups is 1. The lowest BCUT2D eigenvalue weighted by molar-refractivity contribution is -0.122. The fourth-order valence-electron chi connectivity index (χ4n) is 2.72. The molecule has 1 heterocycles. The molecule has 1 fully saturated rings. The fraction of sp³-hybridized carbons (Fsp3) is 0.562. The monoisotopic (exact) mass is 291 g/mol. The van der Waals surface area contributed by atoms with E-state index in [9.17, 15) is 9.90 Å². The Hall–Kier alpha value is -1.43. The van der Waals surface area contributed by atoms with Crippen LogP contribution in [-0.2, 0) is 11.3 Å². The van der Waals surface area contributed by atoms with Crippen LogP contribution in [0.15, 0.2) is 30.3 Å². The van der Waals surface area contributed by atoms with Gasteiger partial charge in [0.25, 0.3) is 0 Å². The highest BCUT2D eigenvalue weighted by atomic mass is 16.3. The maximum atomic E-state index is 11.8. The number of hydrogen-bond donors (Lipinski definition) is 3. The van der Waals surface area contributed by atoms with Gasteiger partial charge >= 0.3 is 0 Å². The van der Waals surface area contributed by atoms with E-state index in [1.807, 2.05) is 25.1 Å². The van der Waals surface area contributed by atoms with Crippen LogP contribution >= 0.6 is 0 Å². The zero-order valence-corrected chi connectivity index (χ0v) is 12.5. The third-order valence-electron chi connectivity index (χ3n) is 4.02. The topological polar surface area (TPSA) is 78.6 Å². The number of benzene rings is 1.